The number of amides is 1. The molecule has 3 nitrogen and oxygen atoms in total. The van der Waals surface area contributed by atoms with Crippen molar-refractivity contribution >= 4 is 5.91 Å². The van der Waals surface area contributed by atoms with Gasteiger partial charge in [-0.25, -0.2) is 4.59 Å². The highest BCUT2D eigenvalue weighted by molar-refractivity contribution is 5.86. The third-order valence-corrected chi connectivity index (χ3v) is 3.19. The number of hydrogen-bond acceptors (Lipinski definition) is 1. The van der Waals surface area contributed by atoms with E-state index in [0.717, 1.165) is 19.4 Å². The third kappa shape index (κ3) is 12.0. The van der Waals surface area contributed by atoms with Gasteiger partial charge in [0, 0.05) is 6.08 Å². The number of carbonyl (C=O) groups excluding carboxylic acids is 1. The van der Waals surface area contributed by atoms with E-state index in [0.29, 0.717) is 4.59 Å². The van der Waals surface area contributed by atoms with Gasteiger partial charge >= 0.3 is 0 Å². The van der Waals surface area contributed by atoms with Crippen molar-refractivity contribution in [2.24, 2.45) is 0 Å². The molecule has 0 radical (unpaired) electrons. The highest BCUT2D eigenvalue weighted by atomic mass is 16.2. The Balaban J connectivity index is 3.62. The van der Waals surface area contributed by atoms with Gasteiger partial charge < -0.3 is 0 Å². The van der Waals surface area contributed by atoms with Gasteiger partial charge in [-0.3, -0.25) is 4.79 Å². The molecule has 0 fully saturated rings. The maximum absolute atomic E-state index is 11.7. The van der Waals surface area contributed by atoms with Crippen LogP contribution in [0.4, 0.5) is 0 Å². The Morgan fingerprint density at radius 2 is 1.63 bits per heavy atom. The zero-order chi connectivity index (χ0) is 14.6. The molecule has 0 spiro atoms. The predicted molar refractivity (Wildman–Crippen MR) is 82.5 cm³/mol. The van der Waals surface area contributed by atoms with E-state index in [2.05, 4.69) is 19.3 Å². The SMILES string of the molecule is CCCCCCCCC=CC(=O)N[N+](C)(C)CCC. The number of nitrogens with zero attached hydrogens (tertiary/aromatic N) is 1. The zero-order valence-electron chi connectivity index (χ0n) is 13.4. The number of nitrogens with one attached hydrogen (secondary N) is 1. The maximum atomic E-state index is 11.7. The summed E-state index contributed by atoms with van der Waals surface area (Å²) in [6, 6.07) is 0. The van der Waals surface area contributed by atoms with E-state index < -0.39 is 0 Å². The van der Waals surface area contributed by atoms with Gasteiger partial charge in [0.2, 0.25) is 0 Å². The van der Waals surface area contributed by atoms with Crippen LogP contribution in [-0.4, -0.2) is 31.1 Å². The Kier molecular flexibility index (Phi) is 10.6. The van der Waals surface area contributed by atoms with Gasteiger partial charge in [0.1, 0.15) is 6.54 Å². The summed E-state index contributed by atoms with van der Waals surface area (Å²) >= 11 is 0. The molecule has 0 aromatic rings. The number of allylic oxidation sites excluding steroid dienone is 1. The van der Waals surface area contributed by atoms with Crippen LogP contribution in [0.2, 0.25) is 0 Å². The number of quaternary nitrogens is 1. The van der Waals surface area contributed by atoms with Crippen LogP contribution in [0, 0.1) is 0 Å². The first-order chi connectivity index (χ1) is 9.02. The third-order valence-electron chi connectivity index (χ3n) is 3.19. The van der Waals surface area contributed by atoms with Crippen molar-refractivity contribution in [1.82, 2.24) is 5.43 Å². The van der Waals surface area contributed by atoms with Gasteiger partial charge in [0.25, 0.3) is 5.91 Å². The predicted octanol–water partition coefficient (Wildman–Crippen LogP) is 3.81. The molecular weight excluding hydrogens is 236 g/mol. The molecule has 1 N–H and O–H groups in total. The van der Waals surface area contributed by atoms with Crippen LogP contribution in [0.3, 0.4) is 0 Å². The fourth-order valence-electron chi connectivity index (χ4n) is 2.18. The van der Waals surface area contributed by atoms with Gasteiger partial charge in [-0.15, -0.1) is 0 Å². The summed E-state index contributed by atoms with van der Waals surface area (Å²) in [7, 11) is 4.03. The van der Waals surface area contributed by atoms with E-state index in [1.54, 1.807) is 6.08 Å². The lowest BCUT2D eigenvalue weighted by Gasteiger charge is -2.27. The van der Waals surface area contributed by atoms with E-state index >= 15 is 0 Å². The first kappa shape index (κ1) is 18.2. The Morgan fingerprint density at radius 1 is 1.00 bits per heavy atom. The minimum atomic E-state index is 0.0180. The van der Waals surface area contributed by atoms with Crippen LogP contribution in [0.1, 0.15) is 65.2 Å². The van der Waals surface area contributed by atoms with Gasteiger partial charge in [-0.2, -0.15) is 5.43 Å². The van der Waals surface area contributed by atoms with Crippen molar-refractivity contribution < 1.29 is 9.39 Å². The first-order valence-corrected chi connectivity index (χ1v) is 7.83. The summed E-state index contributed by atoms with van der Waals surface area (Å²) in [6.45, 7) is 5.32. The normalized spacial score (nSPS) is 12.0. The number of rotatable bonds is 11. The Morgan fingerprint density at radius 3 is 2.26 bits per heavy atom. The molecule has 0 rings (SSSR count). The van der Waals surface area contributed by atoms with Crippen molar-refractivity contribution in [2.45, 2.75) is 65.2 Å². The Labute approximate surface area is 119 Å². The fourth-order valence-corrected chi connectivity index (χ4v) is 2.18. The molecule has 0 atom stereocenters. The molecule has 0 aromatic carbocycles. The van der Waals surface area contributed by atoms with Crippen molar-refractivity contribution in [1.29, 1.82) is 0 Å². The molecule has 0 saturated carbocycles. The van der Waals surface area contributed by atoms with Crippen LogP contribution in [0.25, 0.3) is 0 Å². The number of carbonyl (C=O) groups is 1. The number of hydrogen-bond donors (Lipinski definition) is 1. The summed E-state index contributed by atoms with van der Waals surface area (Å²) in [5, 5.41) is 0. The summed E-state index contributed by atoms with van der Waals surface area (Å²) in [6.07, 6.45) is 13.6. The quantitative estimate of drug-likeness (QED) is 0.263. The minimum Gasteiger partial charge on any atom is -0.265 e. The average molecular weight is 269 g/mol. The molecule has 0 aromatic heterocycles. The highest BCUT2D eigenvalue weighted by Gasteiger charge is 2.15. The molecular formula is C16H33N2O+. The second-order valence-corrected chi connectivity index (χ2v) is 5.84. The number of unbranched alkanes of at least 4 members (excludes halogenated alkanes) is 6. The molecule has 0 bridgehead atoms. The molecule has 0 aliphatic carbocycles. The fraction of sp³-hybridized carbons (Fsp3) is 0.812. The van der Waals surface area contributed by atoms with Crippen molar-refractivity contribution in [3.8, 4) is 0 Å². The van der Waals surface area contributed by atoms with E-state index in [1.807, 2.05) is 20.2 Å². The van der Waals surface area contributed by atoms with E-state index in [9.17, 15) is 4.79 Å². The highest BCUT2D eigenvalue weighted by Crippen LogP contribution is 2.07. The average Bonchev–Trinajstić information content (AvgIpc) is 2.31. The molecule has 112 valence electrons. The van der Waals surface area contributed by atoms with Crippen LogP contribution in [0.15, 0.2) is 12.2 Å². The standard InChI is InChI=1S/C16H32N2O/c1-5-7-8-9-10-11-12-13-14-16(19)17-18(3,4)15-6-2/h13-14H,5-12,15H2,1-4H3/p+1. The monoisotopic (exact) mass is 269 g/mol. The molecule has 0 saturated heterocycles. The smallest absolute Gasteiger partial charge is 0.265 e. The molecule has 0 heterocycles. The Hall–Kier alpha value is -0.830. The summed E-state index contributed by atoms with van der Waals surface area (Å²) in [5.41, 5.74) is 2.99. The Bertz CT molecular complexity index is 259. The van der Waals surface area contributed by atoms with E-state index in [-0.39, 0.29) is 5.91 Å². The summed E-state index contributed by atoms with van der Waals surface area (Å²) < 4.78 is 0.552. The summed E-state index contributed by atoms with van der Waals surface area (Å²) in [4.78, 5) is 11.7. The molecule has 0 aliphatic heterocycles. The molecule has 1 amide bonds. The van der Waals surface area contributed by atoms with E-state index in [4.69, 9.17) is 0 Å². The lowest BCUT2D eigenvalue weighted by molar-refractivity contribution is -0.924. The second-order valence-electron chi connectivity index (χ2n) is 5.84. The van der Waals surface area contributed by atoms with Gasteiger partial charge in [-0.1, -0.05) is 52.0 Å². The first-order valence-electron chi connectivity index (χ1n) is 7.83. The summed E-state index contributed by atoms with van der Waals surface area (Å²) in [5.74, 6) is 0.0180. The molecule has 0 aliphatic rings. The second kappa shape index (κ2) is 11.0. The lowest BCUT2D eigenvalue weighted by Crippen LogP contribution is -2.54. The van der Waals surface area contributed by atoms with Crippen molar-refractivity contribution in [2.75, 3.05) is 20.6 Å². The lowest BCUT2D eigenvalue weighted by atomic mass is 10.1. The van der Waals surface area contributed by atoms with Gasteiger partial charge in [-0.05, 0) is 19.3 Å². The van der Waals surface area contributed by atoms with Gasteiger partial charge in [0.05, 0.1) is 14.1 Å². The largest absolute Gasteiger partial charge is 0.288 e. The molecule has 3 heteroatoms. The van der Waals surface area contributed by atoms with Crippen LogP contribution in [-0.2, 0) is 4.79 Å². The van der Waals surface area contributed by atoms with Crippen molar-refractivity contribution in [3.05, 3.63) is 12.2 Å². The molecule has 19 heavy (non-hydrogen) atoms. The topological polar surface area (TPSA) is 29.1 Å². The van der Waals surface area contributed by atoms with Crippen LogP contribution >= 0.6 is 0 Å². The van der Waals surface area contributed by atoms with E-state index in [1.165, 1.54) is 38.5 Å². The van der Waals surface area contributed by atoms with Crippen LogP contribution < -0.4 is 5.43 Å². The van der Waals surface area contributed by atoms with Crippen molar-refractivity contribution in [3.63, 3.8) is 0 Å². The molecule has 0 unspecified atom stereocenters. The van der Waals surface area contributed by atoms with Crippen LogP contribution in [0.5, 0.6) is 0 Å². The van der Waals surface area contributed by atoms with Gasteiger partial charge in [0.15, 0.2) is 0 Å². The maximum Gasteiger partial charge on any atom is 0.288 e. The zero-order valence-corrected chi connectivity index (χ0v) is 13.4. The minimum absolute atomic E-state index is 0.0180.